The molecule has 0 radical (unpaired) electrons. The van der Waals surface area contributed by atoms with Crippen LogP contribution in [0.15, 0.2) is 24.3 Å². The van der Waals surface area contributed by atoms with Gasteiger partial charge in [0.25, 0.3) is 0 Å². The Morgan fingerprint density at radius 2 is 2.00 bits per heavy atom. The van der Waals surface area contributed by atoms with Crippen molar-refractivity contribution < 1.29 is 4.79 Å². The Hall–Kier alpha value is -1.55. The molecule has 1 aliphatic heterocycles. The highest BCUT2D eigenvalue weighted by Gasteiger charge is 2.27. The van der Waals surface area contributed by atoms with E-state index >= 15 is 0 Å². The molecule has 1 aliphatic rings. The lowest BCUT2D eigenvalue weighted by molar-refractivity contribution is -0.120. The number of benzene rings is 1. The molecule has 1 fully saturated rings. The second-order valence-electron chi connectivity index (χ2n) is 5.87. The number of nitrogen functional groups attached to an aromatic ring is 1. The average Bonchev–Trinajstić information content (AvgIpc) is 2.44. The monoisotopic (exact) mass is 275 g/mol. The minimum atomic E-state index is 0.135. The zero-order chi connectivity index (χ0) is 14.7. The summed E-state index contributed by atoms with van der Waals surface area (Å²) in [6, 6.07) is 7.90. The SMILES string of the molecule is CC1CCCN(CC(=O)N(C)c2ccc(N)cc2)C1C. The van der Waals surface area contributed by atoms with Crippen LogP contribution >= 0.6 is 0 Å². The van der Waals surface area contributed by atoms with Crippen LogP contribution in [0.3, 0.4) is 0 Å². The largest absolute Gasteiger partial charge is 0.399 e. The molecular weight excluding hydrogens is 250 g/mol. The van der Waals surface area contributed by atoms with Crippen LogP contribution in [0.25, 0.3) is 0 Å². The second kappa shape index (κ2) is 6.27. The van der Waals surface area contributed by atoms with Gasteiger partial charge >= 0.3 is 0 Å². The molecule has 1 aromatic rings. The minimum absolute atomic E-state index is 0.135. The van der Waals surface area contributed by atoms with Gasteiger partial charge in [0.1, 0.15) is 0 Å². The van der Waals surface area contributed by atoms with Gasteiger partial charge in [-0.05, 0) is 56.5 Å². The first kappa shape index (κ1) is 14.9. The second-order valence-corrected chi connectivity index (χ2v) is 5.87. The van der Waals surface area contributed by atoms with Gasteiger partial charge in [-0.3, -0.25) is 9.69 Å². The Balaban J connectivity index is 1.98. The normalized spacial score (nSPS) is 23.6. The van der Waals surface area contributed by atoms with Gasteiger partial charge in [0.2, 0.25) is 5.91 Å². The quantitative estimate of drug-likeness (QED) is 0.862. The minimum Gasteiger partial charge on any atom is -0.399 e. The first-order valence-electron chi connectivity index (χ1n) is 7.35. The van der Waals surface area contributed by atoms with Crippen LogP contribution in [-0.4, -0.2) is 37.0 Å². The zero-order valence-corrected chi connectivity index (χ0v) is 12.7. The fourth-order valence-corrected chi connectivity index (χ4v) is 2.77. The Labute approximate surface area is 121 Å². The molecule has 0 aromatic heterocycles. The van der Waals surface area contributed by atoms with E-state index < -0.39 is 0 Å². The summed E-state index contributed by atoms with van der Waals surface area (Å²) in [6.45, 7) is 6.00. The molecule has 2 N–H and O–H groups in total. The number of hydrogen-bond donors (Lipinski definition) is 1. The van der Waals surface area contributed by atoms with Gasteiger partial charge in [0, 0.05) is 24.5 Å². The summed E-state index contributed by atoms with van der Waals surface area (Å²) in [7, 11) is 1.83. The number of likely N-dealkylation sites (tertiary alicyclic amines) is 1. The number of anilines is 2. The molecule has 20 heavy (non-hydrogen) atoms. The third kappa shape index (κ3) is 3.31. The van der Waals surface area contributed by atoms with E-state index in [2.05, 4.69) is 18.7 Å². The fraction of sp³-hybridized carbons (Fsp3) is 0.562. The lowest BCUT2D eigenvalue weighted by Crippen LogP contribution is -2.47. The van der Waals surface area contributed by atoms with Crippen LogP contribution in [0.1, 0.15) is 26.7 Å². The first-order valence-corrected chi connectivity index (χ1v) is 7.35. The molecule has 4 nitrogen and oxygen atoms in total. The number of carbonyl (C=O) groups excluding carboxylic acids is 1. The van der Waals surface area contributed by atoms with Crippen molar-refractivity contribution in [3.63, 3.8) is 0 Å². The van der Waals surface area contributed by atoms with Crippen molar-refractivity contribution >= 4 is 17.3 Å². The Morgan fingerprint density at radius 3 is 2.65 bits per heavy atom. The molecular formula is C16H25N3O. The van der Waals surface area contributed by atoms with Crippen molar-refractivity contribution in [2.75, 3.05) is 30.8 Å². The fourth-order valence-electron chi connectivity index (χ4n) is 2.77. The highest BCUT2D eigenvalue weighted by Crippen LogP contribution is 2.23. The predicted octanol–water partition coefficient (Wildman–Crippen LogP) is 2.35. The maximum absolute atomic E-state index is 12.4. The van der Waals surface area contributed by atoms with Crippen molar-refractivity contribution in [2.45, 2.75) is 32.7 Å². The van der Waals surface area contributed by atoms with Crippen molar-refractivity contribution in [1.29, 1.82) is 0 Å². The lowest BCUT2D eigenvalue weighted by atomic mass is 9.92. The van der Waals surface area contributed by atoms with E-state index in [-0.39, 0.29) is 5.91 Å². The molecule has 0 aliphatic carbocycles. The van der Waals surface area contributed by atoms with Gasteiger partial charge < -0.3 is 10.6 Å². The molecule has 1 saturated heterocycles. The van der Waals surface area contributed by atoms with Crippen molar-refractivity contribution in [3.05, 3.63) is 24.3 Å². The Bertz CT molecular complexity index is 457. The topological polar surface area (TPSA) is 49.6 Å². The van der Waals surface area contributed by atoms with Crippen molar-refractivity contribution in [1.82, 2.24) is 4.90 Å². The summed E-state index contributed by atoms with van der Waals surface area (Å²) in [5.74, 6) is 0.800. The lowest BCUT2D eigenvalue weighted by Gasteiger charge is -2.38. The number of piperidine rings is 1. The van der Waals surface area contributed by atoms with Crippen LogP contribution in [0.5, 0.6) is 0 Å². The summed E-state index contributed by atoms with van der Waals surface area (Å²) in [5.41, 5.74) is 7.28. The average molecular weight is 275 g/mol. The number of nitrogens with two attached hydrogens (primary N) is 1. The smallest absolute Gasteiger partial charge is 0.240 e. The van der Waals surface area contributed by atoms with Crippen LogP contribution in [-0.2, 0) is 4.79 Å². The molecule has 2 unspecified atom stereocenters. The molecule has 2 atom stereocenters. The number of hydrogen-bond acceptors (Lipinski definition) is 3. The zero-order valence-electron chi connectivity index (χ0n) is 12.7. The third-order valence-corrected chi connectivity index (χ3v) is 4.50. The van der Waals surface area contributed by atoms with E-state index in [1.807, 2.05) is 31.3 Å². The summed E-state index contributed by atoms with van der Waals surface area (Å²) in [6.07, 6.45) is 2.45. The third-order valence-electron chi connectivity index (χ3n) is 4.50. The number of rotatable bonds is 3. The molecule has 110 valence electrons. The number of amides is 1. The van der Waals surface area contributed by atoms with Gasteiger partial charge in [-0.25, -0.2) is 0 Å². The summed E-state index contributed by atoms with van der Waals surface area (Å²) in [4.78, 5) is 16.4. The van der Waals surface area contributed by atoms with Gasteiger partial charge in [-0.2, -0.15) is 0 Å². The molecule has 0 bridgehead atoms. The number of likely N-dealkylation sites (N-methyl/N-ethyl adjacent to an activating group) is 1. The molecule has 1 heterocycles. The Kier molecular flexibility index (Phi) is 4.65. The van der Waals surface area contributed by atoms with Crippen molar-refractivity contribution in [2.24, 2.45) is 5.92 Å². The van der Waals surface area contributed by atoms with E-state index in [0.717, 1.165) is 12.2 Å². The highest BCUT2D eigenvalue weighted by atomic mass is 16.2. The maximum Gasteiger partial charge on any atom is 0.240 e. The molecule has 0 spiro atoms. The summed E-state index contributed by atoms with van der Waals surface area (Å²) in [5, 5.41) is 0. The summed E-state index contributed by atoms with van der Waals surface area (Å²) < 4.78 is 0. The van der Waals surface area contributed by atoms with Crippen LogP contribution in [0, 0.1) is 5.92 Å². The van der Waals surface area contributed by atoms with E-state index in [0.29, 0.717) is 24.2 Å². The number of nitrogens with zero attached hydrogens (tertiary/aromatic N) is 2. The van der Waals surface area contributed by atoms with Crippen LogP contribution < -0.4 is 10.6 Å². The van der Waals surface area contributed by atoms with Gasteiger partial charge in [-0.15, -0.1) is 0 Å². The number of carbonyl (C=O) groups is 1. The van der Waals surface area contributed by atoms with E-state index in [9.17, 15) is 4.79 Å². The van der Waals surface area contributed by atoms with E-state index in [1.165, 1.54) is 12.8 Å². The van der Waals surface area contributed by atoms with Crippen molar-refractivity contribution in [3.8, 4) is 0 Å². The van der Waals surface area contributed by atoms with E-state index in [4.69, 9.17) is 5.73 Å². The molecule has 4 heteroatoms. The van der Waals surface area contributed by atoms with E-state index in [1.54, 1.807) is 4.90 Å². The highest BCUT2D eigenvalue weighted by molar-refractivity contribution is 5.94. The molecule has 1 aromatic carbocycles. The van der Waals surface area contributed by atoms with Crippen LogP contribution in [0.2, 0.25) is 0 Å². The summed E-state index contributed by atoms with van der Waals surface area (Å²) >= 11 is 0. The Morgan fingerprint density at radius 1 is 1.35 bits per heavy atom. The maximum atomic E-state index is 12.4. The van der Waals surface area contributed by atoms with Gasteiger partial charge in [0.05, 0.1) is 6.54 Å². The molecule has 2 rings (SSSR count). The molecule has 1 amide bonds. The standard InChI is InChI=1S/C16H25N3O/c1-12-5-4-10-19(13(12)2)11-16(20)18(3)15-8-6-14(17)7-9-15/h6-9,12-13H,4-5,10-11,17H2,1-3H3. The predicted molar refractivity (Wildman–Crippen MR) is 83.7 cm³/mol. The van der Waals surface area contributed by atoms with Crippen LogP contribution in [0.4, 0.5) is 11.4 Å². The van der Waals surface area contributed by atoms with Gasteiger partial charge in [0.15, 0.2) is 0 Å². The first-order chi connectivity index (χ1) is 9.49. The molecule has 0 saturated carbocycles. The van der Waals surface area contributed by atoms with Gasteiger partial charge in [-0.1, -0.05) is 6.92 Å².